The molecule has 0 aliphatic carbocycles. The molecule has 0 aliphatic heterocycles. The molecule has 4 aromatic heterocycles. The van der Waals surface area contributed by atoms with Gasteiger partial charge in [0.05, 0.1) is 17.1 Å². The highest BCUT2D eigenvalue weighted by Crippen LogP contribution is 2.29. The first kappa shape index (κ1) is 20.2. The van der Waals surface area contributed by atoms with Crippen molar-refractivity contribution in [1.82, 2.24) is 24.1 Å². The molecular formula is C22H16BrN5OS2. The average molecular weight is 510 g/mol. The predicted octanol–water partition coefficient (Wildman–Crippen LogP) is 5.12. The van der Waals surface area contributed by atoms with Crippen LogP contribution in [0.2, 0.25) is 0 Å². The molecule has 6 nitrogen and oxygen atoms in total. The summed E-state index contributed by atoms with van der Waals surface area (Å²) < 4.78 is 4.49. The molecule has 0 unspecified atom stereocenters. The molecule has 0 atom stereocenters. The highest BCUT2D eigenvalue weighted by atomic mass is 79.9. The fraction of sp³-hybridized carbons (Fsp3) is 0.0909. The Morgan fingerprint density at radius 3 is 2.71 bits per heavy atom. The smallest absolute Gasteiger partial charge is 0.258 e. The first-order chi connectivity index (χ1) is 15.2. The SMILES string of the molecule is O=c1cc(CSc2nnc(-c3cccs3)n2Cc2ccccc2)nc2ccc(Br)cn12. The van der Waals surface area contributed by atoms with Gasteiger partial charge in [-0.25, -0.2) is 4.98 Å². The number of hydrogen-bond donors (Lipinski definition) is 0. The summed E-state index contributed by atoms with van der Waals surface area (Å²) in [6.07, 6.45) is 1.73. The highest BCUT2D eigenvalue weighted by molar-refractivity contribution is 9.10. The Hall–Kier alpha value is -2.75. The molecule has 31 heavy (non-hydrogen) atoms. The highest BCUT2D eigenvalue weighted by Gasteiger charge is 2.16. The third-order valence-electron chi connectivity index (χ3n) is 4.67. The molecule has 0 bridgehead atoms. The van der Waals surface area contributed by atoms with E-state index in [4.69, 9.17) is 0 Å². The molecule has 5 aromatic rings. The van der Waals surface area contributed by atoms with E-state index in [1.165, 1.54) is 21.7 Å². The Kier molecular flexibility index (Phi) is 5.71. The van der Waals surface area contributed by atoms with Crippen molar-refractivity contribution < 1.29 is 0 Å². The minimum atomic E-state index is -0.105. The molecule has 9 heteroatoms. The fourth-order valence-electron chi connectivity index (χ4n) is 3.23. The lowest BCUT2D eigenvalue weighted by atomic mass is 10.2. The first-order valence-electron chi connectivity index (χ1n) is 9.49. The van der Waals surface area contributed by atoms with E-state index in [0.717, 1.165) is 20.3 Å². The molecule has 4 heterocycles. The van der Waals surface area contributed by atoms with Crippen LogP contribution in [0.15, 0.2) is 86.7 Å². The standard InChI is InChI=1S/C22H16BrN5OS2/c23-16-8-9-19-24-17(11-20(29)27(19)13-16)14-31-22-26-25-21(18-7-4-10-30-18)28(22)12-15-5-2-1-3-6-15/h1-11,13H,12,14H2. The number of benzene rings is 1. The van der Waals surface area contributed by atoms with E-state index in [-0.39, 0.29) is 5.56 Å². The van der Waals surface area contributed by atoms with Crippen LogP contribution in [0.3, 0.4) is 0 Å². The molecule has 0 spiro atoms. The summed E-state index contributed by atoms with van der Waals surface area (Å²) in [5.41, 5.74) is 2.40. The number of hydrogen-bond acceptors (Lipinski definition) is 6. The maximum atomic E-state index is 12.5. The van der Waals surface area contributed by atoms with E-state index >= 15 is 0 Å². The number of rotatable bonds is 6. The van der Waals surface area contributed by atoms with Gasteiger partial charge in [-0.15, -0.1) is 21.5 Å². The normalized spacial score (nSPS) is 11.3. The molecule has 0 fully saturated rings. The summed E-state index contributed by atoms with van der Waals surface area (Å²) in [6, 6.07) is 19.6. The van der Waals surface area contributed by atoms with Crippen LogP contribution in [-0.2, 0) is 12.3 Å². The van der Waals surface area contributed by atoms with Gasteiger partial charge in [0.1, 0.15) is 5.65 Å². The monoisotopic (exact) mass is 509 g/mol. The lowest BCUT2D eigenvalue weighted by molar-refractivity contribution is 0.715. The topological polar surface area (TPSA) is 65.1 Å². The third-order valence-corrected chi connectivity index (χ3v) is 7.00. The molecular weight excluding hydrogens is 494 g/mol. The van der Waals surface area contributed by atoms with Gasteiger partial charge in [-0.1, -0.05) is 48.2 Å². The van der Waals surface area contributed by atoms with Gasteiger partial charge in [-0.3, -0.25) is 13.8 Å². The zero-order valence-corrected chi connectivity index (χ0v) is 19.4. The maximum absolute atomic E-state index is 12.5. The second-order valence-electron chi connectivity index (χ2n) is 6.81. The van der Waals surface area contributed by atoms with Crippen LogP contribution in [0.25, 0.3) is 16.3 Å². The molecule has 0 aliphatic rings. The second-order valence-corrected chi connectivity index (χ2v) is 9.61. The Morgan fingerprint density at radius 2 is 1.90 bits per heavy atom. The zero-order valence-electron chi connectivity index (χ0n) is 16.2. The summed E-state index contributed by atoms with van der Waals surface area (Å²) in [5.74, 6) is 1.37. The van der Waals surface area contributed by atoms with Crippen LogP contribution in [-0.4, -0.2) is 24.1 Å². The number of aromatic nitrogens is 5. The minimum Gasteiger partial charge on any atom is -0.297 e. The van der Waals surface area contributed by atoms with Crippen LogP contribution in [0.1, 0.15) is 11.3 Å². The average Bonchev–Trinajstić information content (AvgIpc) is 3.44. The third kappa shape index (κ3) is 4.34. The zero-order chi connectivity index (χ0) is 21.2. The van der Waals surface area contributed by atoms with Crippen molar-refractivity contribution in [2.24, 2.45) is 0 Å². The second kappa shape index (κ2) is 8.78. The molecule has 5 rings (SSSR count). The lowest BCUT2D eigenvalue weighted by Gasteiger charge is -2.10. The van der Waals surface area contributed by atoms with Crippen molar-refractivity contribution in [1.29, 1.82) is 0 Å². The van der Waals surface area contributed by atoms with Gasteiger partial charge in [0.25, 0.3) is 5.56 Å². The van der Waals surface area contributed by atoms with Crippen LogP contribution in [0, 0.1) is 0 Å². The van der Waals surface area contributed by atoms with Crippen LogP contribution in [0.4, 0.5) is 0 Å². The van der Waals surface area contributed by atoms with E-state index in [0.29, 0.717) is 23.6 Å². The van der Waals surface area contributed by atoms with Gasteiger partial charge in [-0.05, 0) is 45.1 Å². The predicted molar refractivity (Wildman–Crippen MR) is 128 cm³/mol. The number of thiophene rings is 1. The summed E-state index contributed by atoms with van der Waals surface area (Å²) in [4.78, 5) is 18.2. The first-order valence-corrected chi connectivity index (χ1v) is 12.1. The molecule has 0 radical (unpaired) electrons. The number of nitrogens with zero attached hydrogens (tertiary/aromatic N) is 5. The van der Waals surface area contributed by atoms with Crippen molar-refractivity contribution in [2.75, 3.05) is 0 Å². The van der Waals surface area contributed by atoms with Crippen molar-refractivity contribution in [3.63, 3.8) is 0 Å². The maximum Gasteiger partial charge on any atom is 0.258 e. The molecule has 0 saturated heterocycles. The minimum absolute atomic E-state index is 0.105. The van der Waals surface area contributed by atoms with E-state index in [1.54, 1.807) is 23.6 Å². The molecule has 0 N–H and O–H groups in total. The Labute approximate surface area is 194 Å². The number of pyridine rings is 1. The summed E-state index contributed by atoms with van der Waals surface area (Å²) in [6.45, 7) is 0.672. The molecule has 0 saturated carbocycles. The summed E-state index contributed by atoms with van der Waals surface area (Å²) in [5, 5.41) is 11.7. The van der Waals surface area contributed by atoms with Gasteiger partial charge >= 0.3 is 0 Å². The van der Waals surface area contributed by atoms with E-state index in [2.05, 4.69) is 53.9 Å². The molecule has 0 amide bonds. The number of fused-ring (bicyclic) bond motifs is 1. The summed E-state index contributed by atoms with van der Waals surface area (Å²) >= 11 is 6.56. The lowest BCUT2D eigenvalue weighted by Crippen LogP contribution is -2.15. The van der Waals surface area contributed by atoms with Gasteiger partial charge in [0.2, 0.25) is 0 Å². The largest absolute Gasteiger partial charge is 0.297 e. The van der Waals surface area contributed by atoms with Crippen molar-refractivity contribution in [3.8, 4) is 10.7 Å². The van der Waals surface area contributed by atoms with Gasteiger partial charge in [0.15, 0.2) is 11.0 Å². The molecule has 154 valence electrons. The van der Waals surface area contributed by atoms with Crippen molar-refractivity contribution >= 4 is 44.7 Å². The van der Waals surface area contributed by atoms with Crippen LogP contribution >= 0.6 is 39.0 Å². The summed E-state index contributed by atoms with van der Waals surface area (Å²) in [7, 11) is 0. The van der Waals surface area contributed by atoms with Crippen LogP contribution < -0.4 is 5.56 Å². The Balaban J connectivity index is 1.46. The Morgan fingerprint density at radius 1 is 1.03 bits per heavy atom. The van der Waals surface area contributed by atoms with Gasteiger partial charge in [0, 0.05) is 22.5 Å². The van der Waals surface area contributed by atoms with E-state index < -0.39 is 0 Å². The van der Waals surface area contributed by atoms with E-state index in [1.807, 2.05) is 41.8 Å². The number of thioether (sulfide) groups is 1. The quantitative estimate of drug-likeness (QED) is 0.297. The number of halogens is 1. The van der Waals surface area contributed by atoms with E-state index in [9.17, 15) is 4.79 Å². The van der Waals surface area contributed by atoms with Gasteiger partial charge in [-0.2, -0.15) is 0 Å². The van der Waals surface area contributed by atoms with Crippen molar-refractivity contribution in [3.05, 3.63) is 98.3 Å². The van der Waals surface area contributed by atoms with Crippen LogP contribution in [0.5, 0.6) is 0 Å². The fourth-order valence-corrected chi connectivity index (χ4v) is 5.12. The molecule has 1 aromatic carbocycles. The van der Waals surface area contributed by atoms with Crippen molar-refractivity contribution in [2.45, 2.75) is 17.5 Å². The van der Waals surface area contributed by atoms with Gasteiger partial charge < -0.3 is 0 Å². The Bertz CT molecular complexity index is 1400.